The van der Waals surface area contributed by atoms with Crippen LogP contribution in [-0.2, 0) is 0 Å². The number of hydrogen-bond donors (Lipinski definition) is 1. The molecule has 0 aromatic carbocycles. The van der Waals surface area contributed by atoms with Crippen molar-refractivity contribution in [3.05, 3.63) is 11.1 Å². The molecule has 0 bridgehead atoms. The van der Waals surface area contributed by atoms with Crippen molar-refractivity contribution in [3.63, 3.8) is 0 Å². The molecule has 0 saturated carbocycles. The van der Waals surface area contributed by atoms with Crippen molar-refractivity contribution in [1.82, 2.24) is 0 Å². The lowest BCUT2D eigenvalue weighted by Gasteiger charge is -1.57. The van der Waals surface area contributed by atoms with Crippen LogP contribution in [0.1, 0.15) is 0 Å². The maximum Gasteiger partial charge on any atom is 0.0992 e. The Morgan fingerprint density at radius 1 is 1.50 bits per heavy atom. The molecule has 0 rings (SSSR count). The van der Waals surface area contributed by atoms with Crippen LogP contribution in [0.2, 0.25) is 0 Å². The van der Waals surface area contributed by atoms with E-state index >= 15 is 0 Å². The molecule has 6 heavy (non-hydrogen) atoms. The Hall–Kier alpha value is 0.280. The molecule has 0 fully saturated rings. The lowest BCUT2D eigenvalue weighted by Crippen LogP contribution is -1.25. The van der Waals surface area contributed by atoms with E-state index in [4.69, 9.17) is 28.3 Å². The van der Waals surface area contributed by atoms with Gasteiger partial charge in [-0.25, -0.2) is 0 Å². The zero-order chi connectivity index (χ0) is 5.58. The summed E-state index contributed by atoms with van der Waals surface area (Å²) in [4.78, 5) is 0. The van der Waals surface area contributed by atoms with E-state index in [-0.39, 0.29) is 4.49 Å². The fraction of sp³-hybridized carbons (Fsp3) is 0.333. The van der Waals surface area contributed by atoms with Crippen LogP contribution in [0.3, 0.4) is 0 Å². The minimum atomic E-state index is 0.111. The summed E-state index contributed by atoms with van der Waals surface area (Å²) in [6, 6.07) is 0. The van der Waals surface area contributed by atoms with Crippen LogP contribution < -0.4 is 0 Å². The Morgan fingerprint density at radius 2 is 1.50 bits per heavy atom. The molecule has 0 aliphatic rings. The quantitative estimate of drug-likeness (QED) is 0.525. The lowest BCUT2D eigenvalue weighted by molar-refractivity contribution is 0.399. The first-order valence-corrected chi connectivity index (χ1v) is 1.93. The molecule has 0 unspecified atom stereocenters. The summed E-state index contributed by atoms with van der Waals surface area (Å²) in [5, 5.41) is 7.00. The van der Waals surface area contributed by atoms with E-state index in [0.29, 0.717) is 0 Å². The largest absolute Gasteiger partial charge is 0.400 e. The van der Waals surface area contributed by atoms with E-state index in [1.807, 2.05) is 0 Å². The summed E-state index contributed by atoms with van der Waals surface area (Å²) in [6.45, 7) is 3.09. The Morgan fingerprint density at radius 3 is 1.50 bits per heavy atom. The molecule has 1 nitrogen and oxygen atoms in total. The van der Waals surface area contributed by atoms with Crippen LogP contribution in [-0.4, -0.2) is 12.2 Å². The minimum Gasteiger partial charge on any atom is -0.400 e. The van der Waals surface area contributed by atoms with Gasteiger partial charge in [-0.05, 0) is 0 Å². The zero-order valence-corrected chi connectivity index (χ0v) is 4.92. The van der Waals surface area contributed by atoms with Gasteiger partial charge in [0.1, 0.15) is 0 Å². The molecule has 3 heteroatoms. The van der Waals surface area contributed by atoms with Crippen LogP contribution in [0.5, 0.6) is 0 Å². The molecular formula is C3H6Cl2O. The molecule has 0 saturated heterocycles. The van der Waals surface area contributed by atoms with E-state index in [9.17, 15) is 0 Å². The minimum absolute atomic E-state index is 0.111. The van der Waals surface area contributed by atoms with Crippen LogP contribution in [0.15, 0.2) is 11.1 Å². The third-order valence-electron chi connectivity index (χ3n) is 0. The average molecular weight is 129 g/mol. The fourth-order valence-electron chi connectivity index (χ4n) is 0. The van der Waals surface area contributed by atoms with Gasteiger partial charge in [-0.2, -0.15) is 0 Å². The van der Waals surface area contributed by atoms with Crippen molar-refractivity contribution in [2.24, 2.45) is 0 Å². The van der Waals surface area contributed by atoms with Crippen LogP contribution in [0, 0.1) is 0 Å². The number of aliphatic hydroxyl groups is 1. The molecule has 0 aliphatic carbocycles. The molecule has 38 valence electrons. The molecule has 1 N–H and O–H groups in total. The second-order valence-electron chi connectivity index (χ2n) is 0.339. The lowest BCUT2D eigenvalue weighted by atomic mass is 11.3. The first kappa shape index (κ1) is 9.56. The van der Waals surface area contributed by atoms with Gasteiger partial charge in [0.25, 0.3) is 0 Å². The van der Waals surface area contributed by atoms with Crippen LogP contribution >= 0.6 is 23.2 Å². The molecule has 0 aromatic heterocycles. The molecule has 0 radical (unpaired) electrons. The SMILES string of the molecule is C=C(Cl)Cl.CO. The molecule has 0 aromatic rings. The number of rotatable bonds is 0. The van der Waals surface area contributed by atoms with E-state index in [1.54, 1.807) is 0 Å². The van der Waals surface area contributed by atoms with Gasteiger partial charge >= 0.3 is 0 Å². The summed E-state index contributed by atoms with van der Waals surface area (Å²) in [5.41, 5.74) is 0. The molecule has 0 aliphatic heterocycles. The van der Waals surface area contributed by atoms with Crippen molar-refractivity contribution in [2.75, 3.05) is 7.11 Å². The van der Waals surface area contributed by atoms with Crippen molar-refractivity contribution in [1.29, 1.82) is 0 Å². The van der Waals surface area contributed by atoms with Gasteiger partial charge in [0.05, 0.1) is 4.49 Å². The summed E-state index contributed by atoms with van der Waals surface area (Å²) in [6.07, 6.45) is 0. The van der Waals surface area contributed by atoms with E-state index in [0.717, 1.165) is 7.11 Å². The van der Waals surface area contributed by atoms with Crippen LogP contribution in [0.4, 0.5) is 0 Å². The normalized spacial score (nSPS) is 5.33. The van der Waals surface area contributed by atoms with Gasteiger partial charge < -0.3 is 5.11 Å². The Bertz CT molecular complexity index is 31.8. The van der Waals surface area contributed by atoms with Crippen molar-refractivity contribution < 1.29 is 5.11 Å². The Balaban J connectivity index is 0. The number of halogens is 2. The van der Waals surface area contributed by atoms with Crippen molar-refractivity contribution in [2.45, 2.75) is 0 Å². The first-order chi connectivity index (χ1) is 2.73. The second-order valence-corrected chi connectivity index (χ2v) is 1.44. The van der Waals surface area contributed by atoms with Gasteiger partial charge in [-0.15, -0.1) is 0 Å². The topological polar surface area (TPSA) is 20.2 Å². The third kappa shape index (κ3) is 587. The molecule has 0 atom stereocenters. The maximum absolute atomic E-state index is 7.00. The standard InChI is InChI=1S/C2H2Cl2.CH4O/c1-2(3)4;1-2/h1H2;2H,1H3. The predicted octanol–water partition coefficient (Wildman–Crippen LogP) is 1.54. The predicted molar refractivity (Wildman–Crippen MR) is 29.0 cm³/mol. The van der Waals surface area contributed by atoms with E-state index < -0.39 is 0 Å². The second kappa shape index (κ2) is 8.99. The summed E-state index contributed by atoms with van der Waals surface area (Å²) in [7, 11) is 1.00. The highest BCUT2D eigenvalue weighted by molar-refractivity contribution is 6.55. The highest BCUT2D eigenvalue weighted by Gasteiger charge is 1.60. The zero-order valence-electron chi connectivity index (χ0n) is 3.41. The summed E-state index contributed by atoms with van der Waals surface area (Å²) < 4.78 is 0.111. The molecule has 0 amide bonds. The maximum atomic E-state index is 7.00. The average Bonchev–Trinajstić information content (AvgIpc) is 1.41. The highest BCUT2D eigenvalue weighted by Crippen LogP contribution is 1.98. The fourth-order valence-corrected chi connectivity index (χ4v) is 0. The van der Waals surface area contributed by atoms with Crippen molar-refractivity contribution >= 4 is 23.2 Å². The smallest absolute Gasteiger partial charge is 0.0992 e. The first-order valence-electron chi connectivity index (χ1n) is 1.18. The Labute approximate surface area is 47.2 Å². The number of hydrogen-bond acceptors (Lipinski definition) is 1. The molecular weight excluding hydrogens is 123 g/mol. The van der Waals surface area contributed by atoms with Gasteiger partial charge in [-0.3, -0.25) is 0 Å². The molecule has 0 spiro atoms. The van der Waals surface area contributed by atoms with Gasteiger partial charge in [-0.1, -0.05) is 29.8 Å². The van der Waals surface area contributed by atoms with E-state index in [2.05, 4.69) is 6.58 Å². The van der Waals surface area contributed by atoms with Gasteiger partial charge in [0.15, 0.2) is 0 Å². The number of aliphatic hydroxyl groups excluding tert-OH is 1. The van der Waals surface area contributed by atoms with Crippen LogP contribution in [0.25, 0.3) is 0 Å². The molecule has 0 heterocycles. The summed E-state index contributed by atoms with van der Waals surface area (Å²) >= 11 is 9.69. The summed E-state index contributed by atoms with van der Waals surface area (Å²) in [5.74, 6) is 0. The monoisotopic (exact) mass is 128 g/mol. The Kier molecular flexibility index (Phi) is 14.3. The third-order valence-corrected chi connectivity index (χ3v) is 0. The van der Waals surface area contributed by atoms with E-state index in [1.165, 1.54) is 0 Å². The van der Waals surface area contributed by atoms with Crippen molar-refractivity contribution in [3.8, 4) is 0 Å². The van der Waals surface area contributed by atoms with Gasteiger partial charge in [0, 0.05) is 7.11 Å². The van der Waals surface area contributed by atoms with Gasteiger partial charge in [0.2, 0.25) is 0 Å². The highest BCUT2D eigenvalue weighted by atomic mass is 35.5.